The van der Waals surface area contributed by atoms with Crippen molar-refractivity contribution < 1.29 is 0 Å². The SMILES string of the molecule is C/C(N)=C/C1=C(N)NCCC1. The van der Waals surface area contributed by atoms with E-state index in [2.05, 4.69) is 5.32 Å². The molecule has 0 aliphatic carbocycles. The second kappa shape index (κ2) is 3.32. The molecule has 0 amide bonds. The van der Waals surface area contributed by atoms with Gasteiger partial charge < -0.3 is 16.8 Å². The quantitative estimate of drug-likeness (QED) is 0.511. The molecule has 1 aliphatic heterocycles. The van der Waals surface area contributed by atoms with Gasteiger partial charge in [-0.05, 0) is 31.4 Å². The normalized spacial score (nSPS) is 19.9. The molecule has 0 aromatic heterocycles. The first-order chi connectivity index (χ1) is 5.20. The van der Waals surface area contributed by atoms with Crippen LogP contribution in [0.15, 0.2) is 23.2 Å². The van der Waals surface area contributed by atoms with Crippen molar-refractivity contribution in [2.45, 2.75) is 19.8 Å². The minimum atomic E-state index is 0.779. The van der Waals surface area contributed by atoms with Crippen molar-refractivity contribution in [3.63, 3.8) is 0 Å². The Morgan fingerprint density at radius 2 is 2.36 bits per heavy atom. The van der Waals surface area contributed by atoms with Gasteiger partial charge in [0.25, 0.3) is 0 Å². The Labute approximate surface area is 67.1 Å². The molecule has 1 heterocycles. The van der Waals surface area contributed by atoms with E-state index in [1.807, 2.05) is 13.0 Å². The molecule has 62 valence electrons. The fraction of sp³-hybridized carbons (Fsp3) is 0.500. The van der Waals surface area contributed by atoms with Crippen LogP contribution in [0.3, 0.4) is 0 Å². The van der Waals surface area contributed by atoms with E-state index < -0.39 is 0 Å². The molecule has 1 aliphatic rings. The topological polar surface area (TPSA) is 64.1 Å². The summed E-state index contributed by atoms with van der Waals surface area (Å²) in [4.78, 5) is 0. The maximum absolute atomic E-state index is 5.70. The highest BCUT2D eigenvalue weighted by atomic mass is 15.0. The zero-order chi connectivity index (χ0) is 8.27. The van der Waals surface area contributed by atoms with Crippen LogP contribution in [0.25, 0.3) is 0 Å². The van der Waals surface area contributed by atoms with Gasteiger partial charge in [0.05, 0.1) is 5.82 Å². The molecule has 3 heteroatoms. The van der Waals surface area contributed by atoms with Crippen LogP contribution >= 0.6 is 0 Å². The van der Waals surface area contributed by atoms with Gasteiger partial charge >= 0.3 is 0 Å². The van der Waals surface area contributed by atoms with E-state index in [0.29, 0.717) is 0 Å². The second-order valence-electron chi connectivity index (χ2n) is 2.86. The number of allylic oxidation sites excluding steroid dienone is 3. The predicted molar refractivity (Wildman–Crippen MR) is 46.4 cm³/mol. The van der Waals surface area contributed by atoms with Crippen LogP contribution in [0.1, 0.15) is 19.8 Å². The van der Waals surface area contributed by atoms with Crippen LogP contribution in [0.2, 0.25) is 0 Å². The van der Waals surface area contributed by atoms with E-state index in [4.69, 9.17) is 11.5 Å². The Balaban J connectivity index is 2.75. The highest BCUT2D eigenvalue weighted by molar-refractivity contribution is 5.26. The highest BCUT2D eigenvalue weighted by Gasteiger charge is 2.05. The summed E-state index contributed by atoms with van der Waals surface area (Å²) in [6.07, 6.45) is 4.11. The first kappa shape index (κ1) is 7.98. The fourth-order valence-electron chi connectivity index (χ4n) is 1.17. The van der Waals surface area contributed by atoms with Gasteiger partial charge in [-0.1, -0.05) is 0 Å². The van der Waals surface area contributed by atoms with Crippen molar-refractivity contribution in [2.24, 2.45) is 11.5 Å². The number of rotatable bonds is 1. The van der Waals surface area contributed by atoms with Gasteiger partial charge in [-0.15, -0.1) is 0 Å². The third-order valence-corrected chi connectivity index (χ3v) is 1.69. The maximum atomic E-state index is 5.70. The molecule has 0 aromatic carbocycles. The molecule has 0 fully saturated rings. The average molecular weight is 153 g/mol. The third-order valence-electron chi connectivity index (χ3n) is 1.69. The standard InChI is InChI=1S/C8H15N3/c1-6(9)5-7-3-2-4-11-8(7)10/h5,11H,2-4,9-10H2,1H3/b6-5-. The second-order valence-corrected chi connectivity index (χ2v) is 2.86. The molecule has 0 saturated carbocycles. The summed E-state index contributed by atoms with van der Waals surface area (Å²) >= 11 is 0. The fourth-order valence-corrected chi connectivity index (χ4v) is 1.17. The van der Waals surface area contributed by atoms with Crippen molar-refractivity contribution in [3.8, 4) is 0 Å². The molecule has 1 rings (SSSR count). The van der Waals surface area contributed by atoms with E-state index in [-0.39, 0.29) is 0 Å². The number of hydrogen-bond donors (Lipinski definition) is 3. The lowest BCUT2D eigenvalue weighted by Crippen LogP contribution is -2.27. The summed E-state index contributed by atoms with van der Waals surface area (Å²) < 4.78 is 0. The number of nitrogens with one attached hydrogen (secondary N) is 1. The van der Waals surface area contributed by atoms with E-state index in [1.165, 1.54) is 0 Å². The molecular formula is C8H15N3. The van der Waals surface area contributed by atoms with Gasteiger partial charge in [-0.25, -0.2) is 0 Å². The predicted octanol–water partition coefficient (Wildman–Crippen LogP) is 0.403. The van der Waals surface area contributed by atoms with Gasteiger partial charge in [-0.2, -0.15) is 0 Å². The van der Waals surface area contributed by atoms with E-state index in [1.54, 1.807) is 0 Å². The van der Waals surface area contributed by atoms with Gasteiger partial charge in [0.2, 0.25) is 0 Å². The van der Waals surface area contributed by atoms with E-state index >= 15 is 0 Å². The summed E-state index contributed by atoms with van der Waals surface area (Å²) in [7, 11) is 0. The summed E-state index contributed by atoms with van der Waals surface area (Å²) in [6.45, 7) is 2.85. The van der Waals surface area contributed by atoms with Gasteiger partial charge in [0, 0.05) is 12.2 Å². The van der Waals surface area contributed by atoms with Crippen LogP contribution in [0, 0.1) is 0 Å². The Morgan fingerprint density at radius 3 is 2.91 bits per heavy atom. The average Bonchev–Trinajstić information content (AvgIpc) is 1.93. The van der Waals surface area contributed by atoms with Gasteiger partial charge in [-0.3, -0.25) is 0 Å². The minimum absolute atomic E-state index is 0.779. The van der Waals surface area contributed by atoms with E-state index in [0.717, 1.165) is 36.5 Å². The molecule has 0 atom stereocenters. The first-order valence-electron chi connectivity index (χ1n) is 3.86. The maximum Gasteiger partial charge on any atom is 0.0993 e. The minimum Gasteiger partial charge on any atom is -0.402 e. The molecule has 0 spiro atoms. The highest BCUT2D eigenvalue weighted by Crippen LogP contribution is 2.13. The summed E-state index contributed by atoms with van der Waals surface area (Å²) in [5, 5.41) is 3.09. The number of nitrogens with two attached hydrogens (primary N) is 2. The van der Waals surface area contributed by atoms with Crippen LogP contribution in [-0.2, 0) is 0 Å². The van der Waals surface area contributed by atoms with Crippen LogP contribution in [0.4, 0.5) is 0 Å². The largest absolute Gasteiger partial charge is 0.402 e. The molecule has 0 radical (unpaired) electrons. The Bertz CT molecular complexity index is 199. The molecule has 0 bridgehead atoms. The lowest BCUT2D eigenvalue weighted by atomic mass is 10.1. The van der Waals surface area contributed by atoms with Crippen molar-refractivity contribution >= 4 is 0 Å². The molecule has 0 saturated heterocycles. The van der Waals surface area contributed by atoms with Crippen LogP contribution in [0.5, 0.6) is 0 Å². The first-order valence-corrected chi connectivity index (χ1v) is 3.86. The van der Waals surface area contributed by atoms with Crippen molar-refractivity contribution in [2.75, 3.05) is 6.54 Å². The van der Waals surface area contributed by atoms with E-state index in [9.17, 15) is 0 Å². The summed E-state index contributed by atoms with van der Waals surface area (Å²) in [6, 6.07) is 0. The Kier molecular flexibility index (Phi) is 2.41. The molecule has 0 aromatic rings. The van der Waals surface area contributed by atoms with Crippen molar-refractivity contribution in [1.29, 1.82) is 0 Å². The molecule has 0 unspecified atom stereocenters. The third kappa shape index (κ3) is 2.18. The Morgan fingerprint density at radius 1 is 1.64 bits per heavy atom. The van der Waals surface area contributed by atoms with Crippen LogP contribution in [-0.4, -0.2) is 6.54 Å². The summed E-state index contributed by atoms with van der Waals surface area (Å²) in [5.74, 6) is 0.779. The van der Waals surface area contributed by atoms with Gasteiger partial charge in [0.1, 0.15) is 0 Å². The smallest absolute Gasteiger partial charge is 0.0993 e. The zero-order valence-electron chi connectivity index (χ0n) is 6.85. The molecule has 3 nitrogen and oxygen atoms in total. The lowest BCUT2D eigenvalue weighted by Gasteiger charge is -2.16. The van der Waals surface area contributed by atoms with Crippen molar-refractivity contribution in [3.05, 3.63) is 23.2 Å². The Hall–Kier alpha value is -1.12. The zero-order valence-corrected chi connectivity index (χ0v) is 6.85. The van der Waals surface area contributed by atoms with Crippen molar-refractivity contribution in [1.82, 2.24) is 5.32 Å². The van der Waals surface area contributed by atoms with Crippen LogP contribution < -0.4 is 16.8 Å². The summed E-state index contributed by atoms with van der Waals surface area (Å²) in [5.41, 5.74) is 13.2. The van der Waals surface area contributed by atoms with Gasteiger partial charge in [0.15, 0.2) is 0 Å². The molecule has 5 N–H and O–H groups in total. The lowest BCUT2D eigenvalue weighted by molar-refractivity contribution is 0.664. The molecular weight excluding hydrogens is 138 g/mol. The molecule has 11 heavy (non-hydrogen) atoms. The monoisotopic (exact) mass is 153 g/mol. The number of hydrogen-bond acceptors (Lipinski definition) is 3.